The summed E-state index contributed by atoms with van der Waals surface area (Å²) in [6.45, 7) is 12.9. The predicted molar refractivity (Wildman–Crippen MR) is 148 cm³/mol. The maximum atomic E-state index is 12.9. The molecule has 1 unspecified atom stereocenters. The van der Waals surface area contributed by atoms with Crippen molar-refractivity contribution >= 4 is 46.9 Å². The number of amides is 1. The quantitative estimate of drug-likeness (QED) is 0.384. The maximum Gasteiger partial charge on any atom is 0.407 e. The van der Waals surface area contributed by atoms with Crippen molar-refractivity contribution in [2.24, 2.45) is 5.41 Å². The number of hydrogen-bond acceptors (Lipinski definition) is 10. The van der Waals surface area contributed by atoms with Crippen LogP contribution >= 0.6 is 23.4 Å². The van der Waals surface area contributed by atoms with Gasteiger partial charge in [-0.15, -0.1) is 10.2 Å². The summed E-state index contributed by atoms with van der Waals surface area (Å²) in [7, 11) is 0. The van der Waals surface area contributed by atoms with Crippen molar-refractivity contribution in [2.45, 2.75) is 75.9 Å². The number of fused-ring (bicyclic) bond motifs is 1. The second kappa shape index (κ2) is 11.5. The van der Waals surface area contributed by atoms with E-state index in [2.05, 4.69) is 32.4 Å². The SMILES string of the molecule is CCOC(=O)c1nc(Sc2ccn3cnnc3c2Cl)cnc1N1CCC(C)(C(C)NC(=O)OC(C)(C)C)CC1. The summed E-state index contributed by atoms with van der Waals surface area (Å²) in [5, 5.41) is 11.8. The molecule has 4 heterocycles. The lowest BCUT2D eigenvalue weighted by Gasteiger charge is -2.43. The lowest BCUT2D eigenvalue weighted by molar-refractivity contribution is 0.0439. The Kier molecular flexibility index (Phi) is 8.55. The van der Waals surface area contributed by atoms with Crippen LogP contribution in [-0.2, 0) is 9.47 Å². The largest absolute Gasteiger partial charge is 0.461 e. The molecule has 3 aromatic rings. The van der Waals surface area contributed by atoms with E-state index in [4.69, 9.17) is 21.1 Å². The van der Waals surface area contributed by atoms with Crippen molar-refractivity contribution in [3.05, 3.63) is 35.5 Å². The number of pyridine rings is 1. The highest BCUT2D eigenvalue weighted by Crippen LogP contribution is 2.38. The number of ether oxygens (including phenoxy) is 2. The first-order valence-electron chi connectivity index (χ1n) is 12.8. The molecule has 210 valence electrons. The number of aromatic nitrogens is 5. The zero-order valence-corrected chi connectivity index (χ0v) is 24.6. The van der Waals surface area contributed by atoms with Crippen LogP contribution < -0.4 is 10.2 Å². The van der Waals surface area contributed by atoms with Gasteiger partial charge in [-0.1, -0.05) is 30.3 Å². The lowest BCUT2D eigenvalue weighted by atomic mass is 9.74. The van der Waals surface area contributed by atoms with Gasteiger partial charge in [-0.05, 0) is 58.9 Å². The first kappa shape index (κ1) is 28.9. The van der Waals surface area contributed by atoms with Gasteiger partial charge in [0, 0.05) is 30.2 Å². The van der Waals surface area contributed by atoms with E-state index in [1.165, 1.54) is 11.8 Å². The number of carbonyl (C=O) groups is 2. The van der Waals surface area contributed by atoms with Crippen LogP contribution in [0.2, 0.25) is 5.02 Å². The third kappa shape index (κ3) is 6.73. The molecule has 1 saturated heterocycles. The molecule has 0 aliphatic carbocycles. The topological polar surface area (TPSA) is 124 Å². The number of carbonyl (C=O) groups excluding carboxylic acids is 2. The first-order valence-corrected chi connectivity index (χ1v) is 14.0. The molecule has 0 spiro atoms. The summed E-state index contributed by atoms with van der Waals surface area (Å²) in [5.74, 6) is -0.0543. The van der Waals surface area contributed by atoms with Gasteiger partial charge in [-0.25, -0.2) is 19.6 Å². The molecule has 1 atom stereocenters. The van der Waals surface area contributed by atoms with Crippen LogP contribution in [0.4, 0.5) is 10.6 Å². The van der Waals surface area contributed by atoms with Crippen LogP contribution in [0.5, 0.6) is 0 Å². The Morgan fingerprint density at radius 1 is 1.28 bits per heavy atom. The van der Waals surface area contributed by atoms with E-state index in [9.17, 15) is 9.59 Å². The van der Waals surface area contributed by atoms with E-state index in [0.717, 1.165) is 12.8 Å². The minimum absolute atomic E-state index is 0.101. The zero-order chi connectivity index (χ0) is 28.4. The van der Waals surface area contributed by atoms with Gasteiger partial charge in [0.1, 0.15) is 17.0 Å². The van der Waals surface area contributed by atoms with Crippen molar-refractivity contribution in [1.29, 1.82) is 0 Å². The molecule has 0 radical (unpaired) electrons. The second-order valence-electron chi connectivity index (χ2n) is 10.8. The number of halogens is 1. The van der Waals surface area contributed by atoms with Crippen LogP contribution in [0.1, 0.15) is 64.9 Å². The fraction of sp³-hybridized carbons (Fsp3) is 0.538. The molecule has 1 fully saturated rings. The van der Waals surface area contributed by atoms with Gasteiger partial charge in [0.05, 0.1) is 17.8 Å². The van der Waals surface area contributed by atoms with Crippen LogP contribution in [0.3, 0.4) is 0 Å². The Bertz CT molecular complexity index is 1350. The monoisotopic (exact) mass is 575 g/mol. The summed E-state index contributed by atoms with van der Waals surface area (Å²) < 4.78 is 12.5. The van der Waals surface area contributed by atoms with E-state index < -0.39 is 17.7 Å². The van der Waals surface area contributed by atoms with E-state index in [-0.39, 0.29) is 23.8 Å². The average Bonchev–Trinajstić information content (AvgIpc) is 3.35. The molecule has 1 aliphatic rings. The Morgan fingerprint density at radius 2 is 2.00 bits per heavy atom. The Balaban J connectivity index is 1.50. The van der Waals surface area contributed by atoms with E-state index >= 15 is 0 Å². The molecule has 0 saturated carbocycles. The van der Waals surface area contributed by atoms with Crippen molar-refractivity contribution in [3.63, 3.8) is 0 Å². The molecule has 13 heteroatoms. The van der Waals surface area contributed by atoms with Crippen molar-refractivity contribution in [3.8, 4) is 0 Å². The highest BCUT2D eigenvalue weighted by Gasteiger charge is 2.38. The van der Waals surface area contributed by atoms with Gasteiger partial charge >= 0.3 is 12.1 Å². The van der Waals surface area contributed by atoms with Gasteiger partial charge in [-0.2, -0.15) is 0 Å². The number of hydrogen-bond donors (Lipinski definition) is 1. The molecule has 1 N–H and O–H groups in total. The number of nitrogens with zero attached hydrogens (tertiary/aromatic N) is 6. The normalized spacial score (nSPS) is 16.1. The number of esters is 1. The second-order valence-corrected chi connectivity index (χ2v) is 12.2. The van der Waals surface area contributed by atoms with Gasteiger partial charge in [0.2, 0.25) is 0 Å². The third-order valence-corrected chi connectivity index (χ3v) is 8.22. The third-order valence-electron chi connectivity index (χ3n) is 6.77. The number of anilines is 1. The summed E-state index contributed by atoms with van der Waals surface area (Å²) in [4.78, 5) is 37.3. The maximum absolute atomic E-state index is 12.9. The summed E-state index contributed by atoms with van der Waals surface area (Å²) >= 11 is 7.81. The molecule has 11 nitrogen and oxygen atoms in total. The minimum atomic E-state index is -0.560. The van der Waals surface area contributed by atoms with Gasteiger partial charge < -0.3 is 19.7 Å². The molecule has 1 aliphatic heterocycles. The van der Waals surface area contributed by atoms with Gasteiger partial charge in [-0.3, -0.25) is 4.40 Å². The minimum Gasteiger partial charge on any atom is -0.461 e. The highest BCUT2D eigenvalue weighted by molar-refractivity contribution is 7.99. The molecule has 3 aromatic heterocycles. The van der Waals surface area contributed by atoms with Gasteiger partial charge in [0.15, 0.2) is 17.2 Å². The number of alkyl carbamates (subject to hydrolysis) is 1. The highest BCUT2D eigenvalue weighted by atomic mass is 35.5. The predicted octanol–water partition coefficient (Wildman–Crippen LogP) is 5.02. The van der Waals surface area contributed by atoms with Crippen molar-refractivity contribution in [1.82, 2.24) is 29.9 Å². The van der Waals surface area contributed by atoms with E-state index in [0.29, 0.717) is 39.5 Å². The molecular weight excluding hydrogens is 542 g/mol. The van der Waals surface area contributed by atoms with Crippen LogP contribution in [-0.4, -0.2) is 68.0 Å². The number of rotatable bonds is 7. The van der Waals surface area contributed by atoms with E-state index in [1.54, 1.807) is 30.0 Å². The van der Waals surface area contributed by atoms with Gasteiger partial charge in [0.25, 0.3) is 0 Å². The molecule has 1 amide bonds. The van der Waals surface area contributed by atoms with Crippen LogP contribution in [0, 0.1) is 5.41 Å². The molecule has 4 rings (SSSR count). The Morgan fingerprint density at radius 3 is 2.67 bits per heavy atom. The fourth-order valence-electron chi connectivity index (χ4n) is 4.34. The molecular formula is C26H34ClN7O4S. The summed E-state index contributed by atoms with van der Waals surface area (Å²) in [6.07, 6.45) is 6.14. The van der Waals surface area contributed by atoms with E-state index in [1.807, 2.05) is 38.7 Å². The standard InChI is InChI=1S/C26H34ClN7O4S/c1-7-37-23(35)20-22(28-14-18(31-20)39-17-8-11-34-15-29-32-21(34)19(17)27)33-12-9-26(6,10-13-33)16(2)30-24(36)38-25(3,4)5/h8,11,14-16H,7,9-10,12-13H2,1-6H3,(H,30,36). The van der Waals surface area contributed by atoms with Crippen LogP contribution in [0.15, 0.2) is 34.7 Å². The summed E-state index contributed by atoms with van der Waals surface area (Å²) in [5.41, 5.74) is -0.0266. The van der Waals surface area contributed by atoms with Crippen LogP contribution in [0.25, 0.3) is 5.65 Å². The zero-order valence-electron chi connectivity index (χ0n) is 23.0. The van der Waals surface area contributed by atoms with Crippen molar-refractivity contribution in [2.75, 3.05) is 24.6 Å². The molecule has 0 aromatic carbocycles. The Labute approximate surface area is 237 Å². The molecule has 0 bridgehead atoms. The van der Waals surface area contributed by atoms with Crippen molar-refractivity contribution < 1.29 is 19.1 Å². The Hall–Kier alpha value is -3.12. The summed E-state index contributed by atoms with van der Waals surface area (Å²) in [6, 6.07) is 1.73. The molecule has 39 heavy (non-hydrogen) atoms. The smallest absolute Gasteiger partial charge is 0.407 e. The first-order chi connectivity index (χ1) is 18.4. The number of piperidine rings is 1. The lowest BCUT2D eigenvalue weighted by Crippen LogP contribution is -2.51. The fourth-order valence-corrected chi connectivity index (χ4v) is 5.43. The average molecular weight is 576 g/mol. The number of nitrogens with one attached hydrogen (secondary N) is 1.